The maximum atomic E-state index is 11.8. The quantitative estimate of drug-likeness (QED) is 0.187. The number of rotatable bonds is 13. The summed E-state index contributed by atoms with van der Waals surface area (Å²) in [5.74, 6) is 0. The molecule has 1 fully saturated rings. The molecule has 0 aromatic heterocycles. The first-order valence-corrected chi connectivity index (χ1v) is 14.7. The number of hydrogen-bond acceptors (Lipinski definition) is 5. The van der Waals surface area contributed by atoms with Gasteiger partial charge in [-0.2, -0.15) is 0 Å². The minimum absolute atomic E-state index is 0.0906. The molecule has 1 aliphatic heterocycles. The summed E-state index contributed by atoms with van der Waals surface area (Å²) >= 11 is 0. The van der Waals surface area contributed by atoms with E-state index in [0.717, 1.165) is 16.7 Å². The van der Waals surface area contributed by atoms with Gasteiger partial charge in [0, 0.05) is 19.1 Å². The monoisotopic (exact) mass is 563 g/mol. The molecule has 4 aromatic carbocycles. The molecule has 0 saturated carbocycles. The fourth-order valence-corrected chi connectivity index (χ4v) is 5.67. The summed E-state index contributed by atoms with van der Waals surface area (Å²) in [5.41, 5.74) is 4.35. The highest BCUT2D eigenvalue weighted by atomic mass is 16.6. The molecular formula is C37H41NO4. The minimum Gasteiger partial charge on any atom is -0.389 e. The lowest BCUT2D eigenvalue weighted by atomic mass is 9.97. The number of aliphatic hydroxyl groups is 1. The molecule has 42 heavy (non-hydrogen) atoms. The summed E-state index contributed by atoms with van der Waals surface area (Å²) in [6, 6.07) is 40.6. The lowest BCUT2D eigenvalue weighted by Gasteiger charge is -2.38. The van der Waals surface area contributed by atoms with Crippen molar-refractivity contribution in [2.45, 2.75) is 63.2 Å². The number of nitrogens with zero attached hydrogens (tertiary/aromatic N) is 1. The van der Waals surface area contributed by atoms with Crippen molar-refractivity contribution in [3.63, 3.8) is 0 Å². The van der Waals surface area contributed by atoms with Crippen molar-refractivity contribution in [3.8, 4) is 0 Å². The first-order chi connectivity index (χ1) is 20.7. The zero-order chi connectivity index (χ0) is 29.0. The fraction of sp³-hybridized carbons (Fsp3) is 0.297. The Kier molecular flexibility index (Phi) is 11.1. The van der Waals surface area contributed by atoms with Crippen LogP contribution in [-0.2, 0) is 40.6 Å². The van der Waals surface area contributed by atoms with Crippen molar-refractivity contribution in [1.29, 1.82) is 0 Å². The molecule has 5 atom stereocenters. The van der Waals surface area contributed by atoms with E-state index in [4.69, 9.17) is 14.2 Å². The second-order valence-corrected chi connectivity index (χ2v) is 10.9. The molecule has 1 aliphatic rings. The van der Waals surface area contributed by atoms with E-state index in [1.165, 1.54) is 5.56 Å². The predicted molar refractivity (Wildman–Crippen MR) is 167 cm³/mol. The molecule has 0 aliphatic carbocycles. The number of likely N-dealkylation sites (tertiary alicyclic amines) is 1. The van der Waals surface area contributed by atoms with Gasteiger partial charge in [-0.15, -0.1) is 6.58 Å². The summed E-state index contributed by atoms with van der Waals surface area (Å²) in [7, 11) is 0. The zero-order valence-corrected chi connectivity index (χ0v) is 24.1. The number of hydrogen-bond donors (Lipinski definition) is 1. The first-order valence-electron chi connectivity index (χ1n) is 14.7. The van der Waals surface area contributed by atoms with E-state index in [9.17, 15) is 5.11 Å². The highest BCUT2D eigenvalue weighted by Crippen LogP contribution is 2.31. The van der Waals surface area contributed by atoms with Gasteiger partial charge in [0.05, 0.1) is 25.9 Å². The van der Waals surface area contributed by atoms with Gasteiger partial charge in [-0.05, 0) is 28.7 Å². The van der Waals surface area contributed by atoms with E-state index in [2.05, 4.69) is 47.9 Å². The van der Waals surface area contributed by atoms with Crippen LogP contribution in [0.4, 0.5) is 0 Å². The van der Waals surface area contributed by atoms with Crippen molar-refractivity contribution in [2.24, 2.45) is 0 Å². The van der Waals surface area contributed by atoms with Crippen LogP contribution >= 0.6 is 0 Å². The fourth-order valence-electron chi connectivity index (χ4n) is 5.67. The van der Waals surface area contributed by atoms with Crippen molar-refractivity contribution < 1.29 is 19.3 Å². The van der Waals surface area contributed by atoms with Crippen LogP contribution in [0.1, 0.15) is 28.7 Å². The largest absolute Gasteiger partial charge is 0.389 e. The molecule has 0 amide bonds. The third-order valence-corrected chi connectivity index (χ3v) is 7.79. The second-order valence-electron chi connectivity index (χ2n) is 10.9. The van der Waals surface area contributed by atoms with E-state index in [0.29, 0.717) is 39.3 Å². The van der Waals surface area contributed by atoms with Crippen molar-refractivity contribution in [2.75, 3.05) is 6.54 Å². The average molecular weight is 564 g/mol. The van der Waals surface area contributed by atoms with Gasteiger partial charge in [0.25, 0.3) is 0 Å². The van der Waals surface area contributed by atoms with Gasteiger partial charge in [0.15, 0.2) is 0 Å². The molecule has 5 rings (SSSR count). The number of β-amino-alcohol motifs (C(OH)–C–C–N with tert-alkyl or cyclic N) is 1. The number of aliphatic hydroxyl groups excluding tert-OH is 1. The Hall–Kier alpha value is -3.58. The van der Waals surface area contributed by atoms with Gasteiger partial charge in [0.1, 0.15) is 18.3 Å². The van der Waals surface area contributed by atoms with Crippen LogP contribution < -0.4 is 0 Å². The predicted octanol–water partition coefficient (Wildman–Crippen LogP) is 6.56. The lowest BCUT2D eigenvalue weighted by molar-refractivity contribution is -0.175. The smallest absolute Gasteiger partial charge is 0.114 e. The molecule has 5 heteroatoms. The Balaban J connectivity index is 1.50. The summed E-state index contributed by atoms with van der Waals surface area (Å²) in [4.78, 5) is 2.31. The van der Waals surface area contributed by atoms with E-state index in [-0.39, 0.29) is 6.04 Å². The highest BCUT2D eigenvalue weighted by Gasteiger charge is 2.46. The molecule has 1 N–H and O–H groups in total. The third-order valence-electron chi connectivity index (χ3n) is 7.79. The Morgan fingerprint density at radius 2 is 1.00 bits per heavy atom. The molecular weight excluding hydrogens is 522 g/mol. The van der Waals surface area contributed by atoms with Gasteiger partial charge < -0.3 is 19.3 Å². The van der Waals surface area contributed by atoms with Gasteiger partial charge in [0.2, 0.25) is 0 Å². The topological polar surface area (TPSA) is 51.2 Å². The van der Waals surface area contributed by atoms with Crippen LogP contribution in [0.2, 0.25) is 0 Å². The summed E-state index contributed by atoms with van der Waals surface area (Å²) in [5, 5.41) is 11.8. The Labute approximate surface area is 250 Å². The molecule has 0 unspecified atom stereocenters. The van der Waals surface area contributed by atoms with Crippen LogP contribution in [0.5, 0.6) is 0 Å². The van der Waals surface area contributed by atoms with E-state index < -0.39 is 24.4 Å². The summed E-state index contributed by atoms with van der Waals surface area (Å²) in [6.45, 7) is 6.35. The Bertz CT molecular complexity index is 1320. The van der Waals surface area contributed by atoms with Gasteiger partial charge in [-0.1, -0.05) is 127 Å². The van der Waals surface area contributed by atoms with Crippen LogP contribution in [-0.4, -0.2) is 47.0 Å². The molecule has 218 valence electrons. The molecule has 0 spiro atoms. The average Bonchev–Trinajstić information content (AvgIpc) is 3.13. The number of ether oxygens (including phenoxy) is 3. The zero-order valence-electron chi connectivity index (χ0n) is 24.1. The van der Waals surface area contributed by atoms with Crippen molar-refractivity contribution in [3.05, 3.63) is 156 Å². The molecule has 0 bridgehead atoms. The Morgan fingerprint density at radius 3 is 1.45 bits per heavy atom. The van der Waals surface area contributed by atoms with Crippen molar-refractivity contribution in [1.82, 2.24) is 4.90 Å². The first kappa shape index (κ1) is 29.9. The second kappa shape index (κ2) is 15.6. The van der Waals surface area contributed by atoms with Gasteiger partial charge in [-0.3, -0.25) is 4.90 Å². The summed E-state index contributed by atoms with van der Waals surface area (Å²) < 4.78 is 20.1. The Morgan fingerprint density at radius 1 is 0.595 bits per heavy atom. The van der Waals surface area contributed by atoms with Crippen LogP contribution in [0.15, 0.2) is 134 Å². The van der Waals surface area contributed by atoms with E-state index in [1.54, 1.807) is 0 Å². The molecule has 1 heterocycles. The third kappa shape index (κ3) is 8.25. The molecule has 0 radical (unpaired) electrons. The van der Waals surface area contributed by atoms with Crippen LogP contribution in [0, 0.1) is 0 Å². The molecule has 4 aromatic rings. The molecule has 5 nitrogen and oxygen atoms in total. The lowest BCUT2D eigenvalue weighted by Crippen LogP contribution is -2.51. The van der Waals surface area contributed by atoms with Gasteiger partial charge >= 0.3 is 0 Å². The van der Waals surface area contributed by atoms with E-state index in [1.807, 2.05) is 91.0 Å². The minimum atomic E-state index is -0.796. The van der Waals surface area contributed by atoms with Crippen molar-refractivity contribution >= 4 is 0 Å². The normalized spacial score (nSPS) is 22.8. The maximum Gasteiger partial charge on any atom is 0.114 e. The SMILES string of the molecule is C=CC[C@H]1[C@H](OCc2ccccc2)[C@@H](OCc2ccccc2)[C@H](OCc2ccccc2)[C@H](O)CN1Cc1ccccc1. The van der Waals surface area contributed by atoms with Gasteiger partial charge in [-0.25, -0.2) is 0 Å². The van der Waals surface area contributed by atoms with E-state index >= 15 is 0 Å². The highest BCUT2D eigenvalue weighted by molar-refractivity contribution is 5.18. The molecule has 1 saturated heterocycles. The standard InChI is InChI=1S/C37H41NO4/c1-2-15-33-35(40-26-30-18-9-4-10-19-30)37(42-28-32-22-13-6-14-23-32)36(41-27-31-20-11-5-12-21-31)34(39)25-38(33)24-29-16-7-3-8-17-29/h2-14,16-23,33-37,39H,1,15,24-28H2/t33-,34+,35-,36+,37+/m0/s1. The summed E-state index contributed by atoms with van der Waals surface area (Å²) in [6.07, 6.45) is 0.286. The number of benzene rings is 4. The van der Waals surface area contributed by atoms with Crippen LogP contribution in [0.3, 0.4) is 0 Å². The van der Waals surface area contributed by atoms with Crippen LogP contribution in [0.25, 0.3) is 0 Å². The maximum absolute atomic E-state index is 11.8.